The lowest BCUT2D eigenvalue weighted by molar-refractivity contribution is -0.118. The summed E-state index contributed by atoms with van der Waals surface area (Å²) in [4.78, 5) is 11.4. The van der Waals surface area contributed by atoms with Crippen molar-refractivity contribution in [3.63, 3.8) is 0 Å². The van der Waals surface area contributed by atoms with E-state index in [-0.39, 0.29) is 5.91 Å². The van der Waals surface area contributed by atoms with Gasteiger partial charge in [-0.25, -0.2) is 0 Å². The van der Waals surface area contributed by atoms with Crippen LogP contribution in [0.4, 0.5) is 0 Å². The van der Waals surface area contributed by atoms with Crippen molar-refractivity contribution in [1.82, 2.24) is 10.6 Å². The van der Waals surface area contributed by atoms with Crippen molar-refractivity contribution in [2.24, 2.45) is 5.92 Å². The highest BCUT2D eigenvalue weighted by atomic mass is 32.2. The van der Waals surface area contributed by atoms with E-state index in [2.05, 4.69) is 24.5 Å². The molecule has 94 valence electrons. The average molecular weight is 244 g/mol. The van der Waals surface area contributed by atoms with Gasteiger partial charge < -0.3 is 10.6 Å². The first-order valence-corrected chi connectivity index (χ1v) is 7.38. The van der Waals surface area contributed by atoms with E-state index in [0.717, 1.165) is 32.0 Å². The summed E-state index contributed by atoms with van der Waals surface area (Å²) in [6.07, 6.45) is 3.52. The highest BCUT2D eigenvalue weighted by Crippen LogP contribution is 2.25. The van der Waals surface area contributed by atoms with Crippen LogP contribution in [0.3, 0.4) is 0 Å². The molecule has 1 fully saturated rings. The zero-order chi connectivity index (χ0) is 11.8. The van der Waals surface area contributed by atoms with Crippen LogP contribution in [0.1, 0.15) is 33.1 Å². The number of carbonyl (C=O) groups is 1. The van der Waals surface area contributed by atoms with Crippen molar-refractivity contribution in [1.29, 1.82) is 0 Å². The number of amides is 1. The normalized spacial score (nSPS) is 19.4. The third-order valence-corrected chi connectivity index (χ3v) is 4.44. The van der Waals surface area contributed by atoms with Gasteiger partial charge in [0, 0.05) is 11.8 Å². The molecule has 1 saturated heterocycles. The Kier molecular flexibility index (Phi) is 6.88. The van der Waals surface area contributed by atoms with Crippen LogP contribution in [0.2, 0.25) is 0 Å². The Morgan fingerprint density at radius 1 is 1.50 bits per heavy atom. The molecule has 1 amide bonds. The Morgan fingerprint density at radius 2 is 2.19 bits per heavy atom. The second-order valence-corrected chi connectivity index (χ2v) is 5.82. The molecule has 0 aromatic heterocycles. The fraction of sp³-hybridized carbons (Fsp3) is 0.917. The smallest absolute Gasteiger partial charge is 0.230 e. The Bertz CT molecular complexity index is 205. The van der Waals surface area contributed by atoms with Gasteiger partial charge in [0.15, 0.2) is 0 Å². The maximum atomic E-state index is 11.4. The highest BCUT2D eigenvalue weighted by Gasteiger charge is 2.20. The summed E-state index contributed by atoms with van der Waals surface area (Å²) >= 11 is 1.80. The fourth-order valence-corrected chi connectivity index (χ4v) is 3.03. The van der Waals surface area contributed by atoms with Crippen LogP contribution in [0, 0.1) is 5.92 Å². The van der Waals surface area contributed by atoms with Gasteiger partial charge in [0.1, 0.15) is 0 Å². The molecular weight excluding hydrogens is 220 g/mol. The summed E-state index contributed by atoms with van der Waals surface area (Å²) in [6, 6.07) is 0. The van der Waals surface area contributed by atoms with Gasteiger partial charge in [-0.05, 0) is 38.3 Å². The standard InChI is InChI=1S/C12H24N2OS/c1-3-6-14-12(15)9-16-10(2)11-4-7-13-8-5-11/h10-11,13H,3-9H2,1-2H3,(H,14,15). The van der Waals surface area contributed by atoms with Crippen molar-refractivity contribution in [2.45, 2.75) is 38.4 Å². The average Bonchev–Trinajstić information content (AvgIpc) is 2.34. The Labute approximate surface area is 103 Å². The molecule has 1 rings (SSSR count). The Hall–Kier alpha value is -0.220. The van der Waals surface area contributed by atoms with Crippen LogP contribution in [0.5, 0.6) is 0 Å². The summed E-state index contributed by atoms with van der Waals surface area (Å²) in [6.45, 7) is 7.41. The third-order valence-electron chi connectivity index (χ3n) is 3.10. The third kappa shape index (κ3) is 5.21. The van der Waals surface area contributed by atoms with Crippen molar-refractivity contribution in [3.8, 4) is 0 Å². The first kappa shape index (κ1) is 13.8. The Morgan fingerprint density at radius 3 is 2.81 bits per heavy atom. The van der Waals surface area contributed by atoms with Crippen LogP contribution in [0.25, 0.3) is 0 Å². The topological polar surface area (TPSA) is 41.1 Å². The molecule has 0 aromatic rings. The summed E-state index contributed by atoms with van der Waals surface area (Å²) in [7, 11) is 0. The summed E-state index contributed by atoms with van der Waals surface area (Å²) in [5, 5.41) is 6.90. The maximum Gasteiger partial charge on any atom is 0.230 e. The van der Waals surface area contributed by atoms with Crippen LogP contribution >= 0.6 is 11.8 Å². The molecule has 1 heterocycles. The molecule has 0 radical (unpaired) electrons. The number of thioether (sulfide) groups is 1. The van der Waals surface area contributed by atoms with E-state index in [4.69, 9.17) is 0 Å². The lowest BCUT2D eigenvalue weighted by atomic mass is 9.95. The van der Waals surface area contributed by atoms with Crippen molar-refractivity contribution in [2.75, 3.05) is 25.4 Å². The SMILES string of the molecule is CCCNC(=O)CSC(C)C1CCNCC1. The minimum absolute atomic E-state index is 0.188. The molecule has 2 N–H and O–H groups in total. The number of piperidine rings is 1. The number of carbonyl (C=O) groups excluding carboxylic acids is 1. The van der Waals surface area contributed by atoms with E-state index < -0.39 is 0 Å². The maximum absolute atomic E-state index is 11.4. The molecule has 0 aromatic carbocycles. The molecule has 0 bridgehead atoms. The zero-order valence-electron chi connectivity index (χ0n) is 10.4. The molecule has 1 aliphatic heterocycles. The molecule has 4 heteroatoms. The van der Waals surface area contributed by atoms with E-state index in [1.807, 2.05) is 0 Å². The molecule has 16 heavy (non-hydrogen) atoms. The first-order valence-electron chi connectivity index (χ1n) is 6.33. The Balaban J connectivity index is 2.13. The molecule has 0 saturated carbocycles. The fourth-order valence-electron chi connectivity index (χ4n) is 1.97. The molecule has 1 atom stereocenters. The van der Waals surface area contributed by atoms with Gasteiger partial charge in [-0.1, -0.05) is 13.8 Å². The van der Waals surface area contributed by atoms with E-state index in [0.29, 0.717) is 11.0 Å². The predicted octanol–water partition coefficient (Wildman–Crippen LogP) is 1.63. The van der Waals surface area contributed by atoms with Crippen LogP contribution in [0.15, 0.2) is 0 Å². The molecule has 1 aliphatic rings. The first-order chi connectivity index (χ1) is 7.74. The van der Waals surface area contributed by atoms with Crippen LogP contribution < -0.4 is 10.6 Å². The van der Waals surface area contributed by atoms with E-state index in [1.165, 1.54) is 12.8 Å². The van der Waals surface area contributed by atoms with E-state index in [1.54, 1.807) is 11.8 Å². The van der Waals surface area contributed by atoms with E-state index >= 15 is 0 Å². The minimum Gasteiger partial charge on any atom is -0.355 e. The van der Waals surface area contributed by atoms with Gasteiger partial charge in [-0.2, -0.15) is 0 Å². The second kappa shape index (κ2) is 7.96. The minimum atomic E-state index is 0.188. The quantitative estimate of drug-likeness (QED) is 0.746. The predicted molar refractivity (Wildman–Crippen MR) is 70.8 cm³/mol. The molecular formula is C12H24N2OS. The number of hydrogen-bond acceptors (Lipinski definition) is 3. The summed E-state index contributed by atoms with van der Waals surface area (Å²) < 4.78 is 0. The number of rotatable bonds is 6. The highest BCUT2D eigenvalue weighted by molar-refractivity contribution is 8.00. The summed E-state index contributed by atoms with van der Waals surface area (Å²) in [5.41, 5.74) is 0. The second-order valence-electron chi connectivity index (χ2n) is 4.45. The van der Waals surface area contributed by atoms with Crippen LogP contribution in [-0.4, -0.2) is 36.5 Å². The lowest BCUT2D eigenvalue weighted by Gasteiger charge is -2.27. The number of hydrogen-bond donors (Lipinski definition) is 2. The molecule has 0 aliphatic carbocycles. The lowest BCUT2D eigenvalue weighted by Crippen LogP contribution is -2.33. The van der Waals surface area contributed by atoms with Gasteiger partial charge in [-0.3, -0.25) is 4.79 Å². The van der Waals surface area contributed by atoms with Gasteiger partial charge in [0.25, 0.3) is 0 Å². The molecule has 1 unspecified atom stereocenters. The molecule has 3 nitrogen and oxygen atoms in total. The zero-order valence-corrected chi connectivity index (χ0v) is 11.2. The van der Waals surface area contributed by atoms with Gasteiger partial charge in [0.05, 0.1) is 5.75 Å². The number of nitrogens with one attached hydrogen (secondary N) is 2. The van der Waals surface area contributed by atoms with Crippen molar-refractivity contribution >= 4 is 17.7 Å². The monoisotopic (exact) mass is 244 g/mol. The summed E-state index contributed by atoms with van der Waals surface area (Å²) in [5.74, 6) is 1.59. The van der Waals surface area contributed by atoms with Gasteiger partial charge >= 0.3 is 0 Å². The van der Waals surface area contributed by atoms with E-state index in [9.17, 15) is 4.79 Å². The largest absolute Gasteiger partial charge is 0.355 e. The van der Waals surface area contributed by atoms with Gasteiger partial charge in [0.2, 0.25) is 5.91 Å². The van der Waals surface area contributed by atoms with Crippen molar-refractivity contribution in [3.05, 3.63) is 0 Å². The molecule has 0 spiro atoms. The van der Waals surface area contributed by atoms with Crippen molar-refractivity contribution < 1.29 is 4.79 Å². The van der Waals surface area contributed by atoms with Crippen LogP contribution in [-0.2, 0) is 4.79 Å². The van der Waals surface area contributed by atoms with Gasteiger partial charge in [-0.15, -0.1) is 11.8 Å².